The first-order valence-electron chi connectivity index (χ1n) is 5.42. The molecule has 0 spiro atoms. The number of rotatable bonds is 5. The van der Waals surface area contributed by atoms with E-state index in [1.54, 1.807) is 0 Å². The predicted molar refractivity (Wildman–Crippen MR) is 58.9 cm³/mol. The molecular weight excluding hydrogens is 174 g/mol. The van der Waals surface area contributed by atoms with Gasteiger partial charge in [0.1, 0.15) is 5.54 Å². The van der Waals surface area contributed by atoms with E-state index in [9.17, 15) is 4.79 Å². The number of hydrogen-bond acceptors (Lipinski definition) is 1. The van der Waals surface area contributed by atoms with Gasteiger partial charge in [0.2, 0.25) is 5.91 Å². The molecular formula is C12H21NO. The predicted octanol–water partition coefficient (Wildman–Crippen LogP) is 2.36. The van der Waals surface area contributed by atoms with Crippen LogP contribution in [-0.2, 0) is 4.79 Å². The first-order chi connectivity index (χ1) is 6.47. The van der Waals surface area contributed by atoms with Crippen molar-refractivity contribution in [1.82, 2.24) is 5.32 Å². The first kappa shape index (κ1) is 11.3. The van der Waals surface area contributed by atoms with Gasteiger partial charge in [0.15, 0.2) is 0 Å². The second-order valence-electron chi connectivity index (χ2n) is 4.73. The Hall–Kier alpha value is -0.790. The van der Waals surface area contributed by atoms with Gasteiger partial charge in [0, 0.05) is 5.92 Å². The Morgan fingerprint density at radius 3 is 2.29 bits per heavy atom. The Morgan fingerprint density at radius 1 is 1.57 bits per heavy atom. The maximum atomic E-state index is 11.3. The van der Waals surface area contributed by atoms with Gasteiger partial charge in [-0.25, -0.2) is 0 Å². The van der Waals surface area contributed by atoms with Crippen molar-refractivity contribution < 1.29 is 4.79 Å². The summed E-state index contributed by atoms with van der Waals surface area (Å²) in [6.45, 7) is 12.4. The number of carbonyl (C=O) groups is 1. The molecule has 2 nitrogen and oxygen atoms in total. The highest BCUT2D eigenvalue weighted by molar-refractivity contribution is 6.02. The zero-order chi connectivity index (χ0) is 10.9. The summed E-state index contributed by atoms with van der Waals surface area (Å²) < 4.78 is 0. The van der Waals surface area contributed by atoms with Crippen molar-refractivity contribution >= 4 is 5.91 Å². The molecule has 0 aromatic rings. The fraction of sp³-hybridized carbons (Fsp3) is 0.750. The molecule has 80 valence electrons. The molecule has 0 aromatic carbocycles. The molecule has 1 N–H and O–H groups in total. The summed E-state index contributed by atoms with van der Waals surface area (Å²) in [6.07, 6.45) is 3.03. The van der Waals surface area contributed by atoms with Gasteiger partial charge in [-0.15, -0.1) is 6.58 Å². The highest BCUT2D eigenvalue weighted by atomic mass is 16.2. The molecule has 0 aromatic heterocycles. The minimum atomic E-state index is -0.327. The van der Waals surface area contributed by atoms with Crippen LogP contribution in [0.3, 0.4) is 0 Å². The lowest BCUT2D eigenvalue weighted by Crippen LogP contribution is -2.32. The molecule has 0 bridgehead atoms. The standard InChI is InChI=1S/C12H21NO/c1-6-9(8(3)4)10(7-2)12(5)11(14)13-12/h7-10H,2,6H2,1,3-5H3,(H,13,14). The van der Waals surface area contributed by atoms with Gasteiger partial charge >= 0.3 is 0 Å². The molecule has 1 rings (SSSR count). The van der Waals surface area contributed by atoms with Gasteiger partial charge < -0.3 is 5.32 Å². The molecule has 0 saturated carbocycles. The fourth-order valence-electron chi connectivity index (χ4n) is 2.42. The maximum absolute atomic E-state index is 11.3. The smallest absolute Gasteiger partial charge is 0.246 e. The van der Waals surface area contributed by atoms with Crippen molar-refractivity contribution in [2.45, 2.75) is 39.7 Å². The summed E-state index contributed by atoms with van der Waals surface area (Å²) >= 11 is 0. The average Bonchev–Trinajstić information content (AvgIpc) is 2.70. The number of carbonyl (C=O) groups excluding carboxylic acids is 1. The van der Waals surface area contributed by atoms with Crippen molar-refractivity contribution in [3.8, 4) is 0 Å². The van der Waals surface area contributed by atoms with E-state index in [2.05, 4.69) is 32.7 Å². The molecule has 1 fully saturated rings. The van der Waals surface area contributed by atoms with E-state index in [-0.39, 0.29) is 17.4 Å². The first-order valence-corrected chi connectivity index (χ1v) is 5.42. The van der Waals surface area contributed by atoms with Crippen LogP contribution >= 0.6 is 0 Å². The highest BCUT2D eigenvalue weighted by Crippen LogP contribution is 2.39. The third kappa shape index (κ3) is 1.70. The van der Waals surface area contributed by atoms with Gasteiger partial charge in [-0.1, -0.05) is 33.3 Å². The van der Waals surface area contributed by atoms with E-state index >= 15 is 0 Å². The largest absolute Gasteiger partial charge is 0.339 e. The molecule has 3 unspecified atom stereocenters. The minimum absolute atomic E-state index is 0.168. The quantitative estimate of drug-likeness (QED) is 0.531. The summed E-state index contributed by atoms with van der Waals surface area (Å²) in [5.41, 5.74) is -0.327. The van der Waals surface area contributed by atoms with Gasteiger partial charge in [-0.05, 0) is 18.8 Å². The van der Waals surface area contributed by atoms with Crippen LogP contribution < -0.4 is 5.32 Å². The third-order valence-electron chi connectivity index (χ3n) is 3.49. The normalized spacial score (nSPS) is 29.6. The Balaban J connectivity index is 2.80. The van der Waals surface area contributed by atoms with Crippen LogP contribution in [0.25, 0.3) is 0 Å². The van der Waals surface area contributed by atoms with E-state index in [0.717, 1.165) is 6.42 Å². The lowest BCUT2D eigenvalue weighted by molar-refractivity contribution is -0.112. The van der Waals surface area contributed by atoms with E-state index in [4.69, 9.17) is 0 Å². The van der Waals surface area contributed by atoms with E-state index in [1.165, 1.54) is 0 Å². The van der Waals surface area contributed by atoms with Gasteiger partial charge in [0.25, 0.3) is 0 Å². The van der Waals surface area contributed by atoms with Crippen LogP contribution in [0.2, 0.25) is 0 Å². The van der Waals surface area contributed by atoms with Crippen LogP contribution in [-0.4, -0.2) is 11.4 Å². The van der Waals surface area contributed by atoms with Crippen molar-refractivity contribution in [3.63, 3.8) is 0 Å². The summed E-state index contributed by atoms with van der Waals surface area (Å²) in [4.78, 5) is 11.3. The van der Waals surface area contributed by atoms with Crippen molar-refractivity contribution in [2.75, 3.05) is 0 Å². The number of amides is 1. The Bertz CT molecular complexity index is 247. The van der Waals surface area contributed by atoms with E-state index < -0.39 is 0 Å². The van der Waals surface area contributed by atoms with Gasteiger partial charge in [0.05, 0.1) is 0 Å². The topological polar surface area (TPSA) is 39.0 Å². The maximum Gasteiger partial charge on any atom is 0.246 e. The molecule has 1 aliphatic rings. The minimum Gasteiger partial charge on any atom is -0.339 e. The van der Waals surface area contributed by atoms with Crippen LogP contribution in [0.15, 0.2) is 12.7 Å². The Kier molecular flexibility index (Phi) is 3.03. The summed E-state index contributed by atoms with van der Waals surface area (Å²) in [7, 11) is 0. The lowest BCUT2D eigenvalue weighted by atomic mass is 9.75. The number of hydrogen-bond donors (Lipinski definition) is 1. The molecule has 1 heterocycles. The fourth-order valence-corrected chi connectivity index (χ4v) is 2.42. The molecule has 1 amide bonds. The zero-order valence-electron chi connectivity index (χ0n) is 9.63. The van der Waals surface area contributed by atoms with E-state index in [1.807, 2.05) is 13.0 Å². The average molecular weight is 195 g/mol. The summed E-state index contributed by atoms with van der Waals surface area (Å²) in [5.74, 6) is 1.56. The molecule has 0 radical (unpaired) electrons. The third-order valence-corrected chi connectivity index (χ3v) is 3.49. The summed E-state index contributed by atoms with van der Waals surface area (Å²) in [5, 5.41) is 2.92. The second-order valence-corrected chi connectivity index (χ2v) is 4.73. The molecule has 1 aliphatic heterocycles. The molecule has 0 aliphatic carbocycles. The monoisotopic (exact) mass is 195 g/mol. The highest BCUT2D eigenvalue weighted by Gasteiger charge is 2.55. The van der Waals surface area contributed by atoms with Crippen LogP contribution in [0.1, 0.15) is 34.1 Å². The van der Waals surface area contributed by atoms with Gasteiger partial charge in [-0.2, -0.15) is 0 Å². The van der Waals surface area contributed by atoms with Crippen LogP contribution in [0.5, 0.6) is 0 Å². The number of nitrogens with one attached hydrogen (secondary N) is 1. The molecule has 2 heteroatoms. The lowest BCUT2D eigenvalue weighted by Gasteiger charge is -2.29. The van der Waals surface area contributed by atoms with Gasteiger partial charge in [-0.3, -0.25) is 4.79 Å². The summed E-state index contributed by atoms with van der Waals surface area (Å²) in [6, 6.07) is 0. The van der Waals surface area contributed by atoms with Crippen molar-refractivity contribution in [3.05, 3.63) is 12.7 Å². The van der Waals surface area contributed by atoms with Crippen LogP contribution in [0, 0.1) is 17.8 Å². The van der Waals surface area contributed by atoms with Crippen molar-refractivity contribution in [1.29, 1.82) is 0 Å². The van der Waals surface area contributed by atoms with Crippen molar-refractivity contribution in [2.24, 2.45) is 17.8 Å². The SMILES string of the molecule is C=CC(C(CC)C(C)C)C1(C)NC1=O. The van der Waals surface area contributed by atoms with E-state index in [0.29, 0.717) is 11.8 Å². The Morgan fingerprint density at radius 2 is 2.07 bits per heavy atom. The second kappa shape index (κ2) is 3.76. The molecule has 1 saturated heterocycles. The molecule has 3 atom stereocenters. The zero-order valence-corrected chi connectivity index (χ0v) is 9.63. The van der Waals surface area contributed by atoms with Crippen LogP contribution in [0.4, 0.5) is 0 Å². The molecule has 14 heavy (non-hydrogen) atoms. The Labute approximate surface area is 86.8 Å².